The highest BCUT2D eigenvalue weighted by Gasteiger charge is 2.27. The number of benzene rings is 2. The van der Waals surface area contributed by atoms with Gasteiger partial charge in [-0.2, -0.15) is 0 Å². The van der Waals surface area contributed by atoms with Crippen LogP contribution in [0.5, 0.6) is 0 Å². The maximum absolute atomic E-state index is 13.0. The predicted molar refractivity (Wildman–Crippen MR) is 162 cm³/mol. The number of carbonyl (C=O) groups is 2. The lowest BCUT2D eigenvalue weighted by molar-refractivity contribution is -0.385. The number of aryl methyl sites for hydroxylation is 1. The zero-order valence-corrected chi connectivity index (χ0v) is 25.3. The van der Waals surface area contributed by atoms with Gasteiger partial charge in [0.15, 0.2) is 16.1 Å². The number of thioether (sulfide) groups is 1. The van der Waals surface area contributed by atoms with Crippen molar-refractivity contribution in [2.45, 2.75) is 45.4 Å². The van der Waals surface area contributed by atoms with Gasteiger partial charge >= 0.3 is 0 Å². The lowest BCUT2D eigenvalue weighted by Crippen LogP contribution is -2.33. The Kier molecular flexibility index (Phi) is 9.82. The standard InChI is InChI=1S/C27H28N8O6S2/c1-5-33-24(23(15(2)3)30-25(37)18-7-6-8-19(11-18)34(38)39)31-32-27(33)43-14-22(36)29-26-28-20(13-42-26)17-10-9-16(4)21(12-17)35(40)41/h6-13,15,23H,5,14H2,1-4H3,(H,30,37)(H,28,29,36)/t23-/m1/s1. The average Bonchev–Trinajstić information content (AvgIpc) is 3.61. The van der Waals surface area contributed by atoms with Gasteiger partial charge in [-0.05, 0) is 25.8 Å². The van der Waals surface area contributed by atoms with E-state index >= 15 is 0 Å². The van der Waals surface area contributed by atoms with Crippen LogP contribution in [0.25, 0.3) is 11.3 Å². The van der Waals surface area contributed by atoms with Crippen molar-refractivity contribution in [3.63, 3.8) is 0 Å². The number of carbonyl (C=O) groups excluding carboxylic acids is 2. The van der Waals surface area contributed by atoms with E-state index < -0.39 is 21.8 Å². The zero-order chi connectivity index (χ0) is 31.3. The zero-order valence-electron chi connectivity index (χ0n) is 23.6. The molecule has 2 amide bonds. The summed E-state index contributed by atoms with van der Waals surface area (Å²) in [5.41, 5.74) is 1.59. The topological polar surface area (TPSA) is 188 Å². The highest BCUT2D eigenvalue weighted by molar-refractivity contribution is 7.99. The molecule has 0 saturated heterocycles. The molecule has 1 atom stereocenters. The first-order chi connectivity index (χ1) is 20.5. The van der Waals surface area contributed by atoms with E-state index in [-0.39, 0.29) is 34.5 Å². The number of hydrogen-bond donors (Lipinski definition) is 2. The molecule has 14 nitrogen and oxygen atoms in total. The molecule has 0 spiro atoms. The summed E-state index contributed by atoms with van der Waals surface area (Å²) in [5.74, 6) is -0.393. The van der Waals surface area contributed by atoms with Crippen molar-refractivity contribution in [2.24, 2.45) is 5.92 Å². The summed E-state index contributed by atoms with van der Waals surface area (Å²) in [7, 11) is 0. The molecule has 0 aliphatic heterocycles. The molecule has 16 heteroatoms. The Balaban J connectivity index is 1.42. The predicted octanol–water partition coefficient (Wildman–Crippen LogP) is 5.40. The van der Waals surface area contributed by atoms with Crippen molar-refractivity contribution >= 4 is 51.4 Å². The molecule has 4 rings (SSSR count). The van der Waals surface area contributed by atoms with Crippen LogP contribution >= 0.6 is 23.1 Å². The molecule has 224 valence electrons. The Bertz CT molecular complexity index is 1690. The molecule has 0 radical (unpaired) electrons. The van der Waals surface area contributed by atoms with E-state index in [1.165, 1.54) is 53.4 Å². The second kappa shape index (κ2) is 13.5. The van der Waals surface area contributed by atoms with Gasteiger partial charge in [-0.3, -0.25) is 29.8 Å². The van der Waals surface area contributed by atoms with Crippen LogP contribution in [0.2, 0.25) is 0 Å². The van der Waals surface area contributed by atoms with Gasteiger partial charge < -0.3 is 15.2 Å². The number of nitrogens with zero attached hydrogens (tertiary/aromatic N) is 6. The average molecular weight is 625 g/mol. The first-order valence-electron chi connectivity index (χ1n) is 13.1. The second-order valence-corrected chi connectivity index (χ2v) is 11.5. The molecule has 2 heterocycles. The number of nitrogens with one attached hydrogen (secondary N) is 2. The minimum Gasteiger partial charge on any atom is -0.342 e. The van der Waals surface area contributed by atoms with E-state index in [2.05, 4.69) is 25.8 Å². The summed E-state index contributed by atoms with van der Waals surface area (Å²) >= 11 is 2.38. The molecule has 4 aromatic rings. The van der Waals surface area contributed by atoms with Crippen LogP contribution in [0, 0.1) is 33.1 Å². The Hall–Kier alpha value is -4.70. The molecule has 0 unspecified atom stereocenters. The SMILES string of the molecule is CCn1c(SCC(=O)Nc2nc(-c3ccc(C)c([N+](=O)[O-])c3)cs2)nnc1[C@H](NC(=O)c1cccc([N+](=O)[O-])c1)C(C)C. The lowest BCUT2D eigenvalue weighted by Gasteiger charge is -2.22. The van der Waals surface area contributed by atoms with Gasteiger partial charge in [0.1, 0.15) is 0 Å². The van der Waals surface area contributed by atoms with Crippen molar-refractivity contribution in [3.8, 4) is 11.3 Å². The third-order valence-electron chi connectivity index (χ3n) is 6.40. The number of aromatic nitrogens is 4. The van der Waals surface area contributed by atoms with E-state index in [4.69, 9.17) is 0 Å². The highest BCUT2D eigenvalue weighted by atomic mass is 32.2. The fourth-order valence-corrected chi connectivity index (χ4v) is 5.71. The number of nitro groups is 2. The van der Waals surface area contributed by atoms with Crippen LogP contribution in [-0.4, -0.2) is 47.2 Å². The summed E-state index contributed by atoms with van der Waals surface area (Å²) in [5, 5.41) is 39.2. The van der Waals surface area contributed by atoms with E-state index in [1.54, 1.807) is 24.4 Å². The van der Waals surface area contributed by atoms with Crippen molar-refractivity contribution < 1.29 is 19.4 Å². The summed E-state index contributed by atoms with van der Waals surface area (Å²) in [6.07, 6.45) is 0. The quantitative estimate of drug-likeness (QED) is 0.117. The smallest absolute Gasteiger partial charge is 0.272 e. The van der Waals surface area contributed by atoms with Crippen LogP contribution in [0.1, 0.15) is 48.6 Å². The van der Waals surface area contributed by atoms with E-state index in [0.717, 1.165) is 0 Å². The van der Waals surface area contributed by atoms with Crippen molar-refractivity contribution in [1.29, 1.82) is 0 Å². The van der Waals surface area contributed by atoms with Crippen LogP contribution in [-0.2, 0) is 11.3 Å². The first-order valence-corrected chi connectivity index (χ1v) is 15.0. The Morgan fingerprint density at radius 1 is 1.09 bits per heavy atom. The number of amides is 2. The number of thiazole rings is 1. The number of rotatable bonds is 12. The van der Waals surface area contributed by atoms with Gasteiger partial charge in [0, 0.05) is 46.8 Å². The van der Waals surface area contributed by atoms with Gasteiger partial charge in [0.05, 0.1) is 27.3 Å². The maximum Gasteiger partial charge on any atom is 0.272 e. The van der Waals surface area contributed by atoms with Crippen molar-refractivity contribution in [3.05, 3.63) is 85.0 Å². The molecule has 2 aromatic heterocycles. The largest absolute Gasteiger partial charge is 0.342 e. The van der Waals surface area contributed by atoms with Gasteiger partial charge in [-0.25, -0.2) is 4.98 Å². The molecular weight excluding hydrogens is 596 g/mol. The van der Waals surface area contributed by atoms with E-state index in [9.17, 15) is 29.8 Å². The number of hydrogen-bond acceptors (Lipinski definition) is 11. The highest BCUT2D eigenvalue weighted by Crippen LogP contribution is 2.30. The molecule has 0 bridgehead atoms. The number of non-ortho nitro benzene ring substituents is 1. The Morgan fingerprint density at radius 2 is 1.86 bits per heavy atom. The van der Waals surface area contributed by atoms with E-state index in [0.29, 0.717) is 39.5 Å². The number of anilines is 1. The maximum atomic E-state index is 13.0. The van der Waals surface area contributed by atoms with Crippen molar-refractivity contribution in [1.82, 2.24) is 25.1 Å². The van der Waals surface area contributed by atoms with Crippen LogP contribution in [0.3, 0.4) is 0 Å². The second-order valence-electron chi connectivity index (χ2n) is 9.72. The van der Waals surface area contributed by atoms with E-state index in [1.807, 2.05) is 25.3 Å². The van der Waals surface area contributed by atoms with Gasteiger partial charge in [0.25, 0.3) is 17.3 Å². The van der Waals surface area contributed by atoms with Crippen LogP contribution in [0.15, 0.2) is 53.0 Å². The third-order valence-corrected chi connectivity index (χ3v) is 8.12. The lowest BCUT2D eigenvalue weighted by atomic mass is 10.0. The molecule has 43 heavy (non-hydrogen) atoms. The fourth-order valence-electron chi connectivity index (χ4n) is 4.16. The van der Waals surface area contributed by atoms with Gasteiger partial charge in [-0.1, -0.05) is 43.8 Å². The Morgan fingerprint density at radius 3 is 2.53 bits per heavy atom. The molecular formula is C27H28N8O6S2. The third kappa shape index (κ3) is 7.39. The molecule has 0 aliphatic rings. The molecule has 2 aromatic carbocycles. The van der Waals surface area contributed by atoms with Crippen LogP contribution < -0.4 is 10.6 Å². The Labute approximate surface area is 254 Å². The summed E-state index contributed by atoms with van der Waals surface area (Å²) in [4.78, 5) is 51.5. The number of nitro benzene ring substituents is 2. The molecule has 0 fully saturated rings. The fraction of sp³-hybridized carbons (Fsp3) is 0.296. The van der Waals surface area contributed by atoms with Gasteiger partial charge in [0.2, 0.25) is 5.91 Å². The summed E-state index contributed by atoms with van der Waals surface area (Å²) in [6.45, 7) is 7.84. The molecule has 2 N–H and O–H groups in total. The van der Waals surface area contributed by atoms with Crippen molar-refractivity contribution in [2.75, 3.05) is 11.1 Å². The minimum absolute atomic E-state index is 0.00444. The summed E-state index contributed by atoms with van der Waals surface area (Å²) in [6, 6.07) is 9.79. The normalized spacial score (nSPS) is 11.7. The minimum atomic E-state index is -0.560. The molecule has 0 saturated carbocycles. The van der Waals surface area contributed by atoms with Gasteiger partial charge in [-0.15, -0.1) is 21.5 Å². The molecule has 0 aliphatic carbocycles. The first kappa shape index (κ1) is 31.2. The summed E-state index contributed by atoms with van der Waals surface area (Å²) < 4.78 is 1.81. The monoisotopic (exact) mass is 624 g/mol. The van der Waals surface area contributed by atoms with Crippen LogP contribution in [0.4, 0.5) is 16.5 Å².